The van der Waals surface area contributed by atoms with Gasteiger partial charge in [0, 0.05) is 19.2 Å². The van der Waals surface area contributed by atoms with E-state index in [0.717, 1.165) is 0 Å². The Balaban J connectivity index is 2.14. The molecule has 1 aromatic rings. The highest BCUT2D eigenvalue weighted by molar-refractivity contribution is 5.93. The maximum absolute atomic E-state index is 12.2. The smallest absolute Gasteiger partial charge is 0.260 e. The molecule has 1 aliphatic heterocycles. The van der Waals surface area contributed by atoms with E-state index in [1.807, 2.05) is 13.8 Å². The number of pyridine rings is 1. The van der Waals surface area contributed by atoms with Gasteiger partial charge in [-0.15, -0.1) is 0 Å². The van der Waals surface area contributed by atoms with E-state index in [4.69, 9.17) is 4.74 Å². The standard InChI is InChI=1S/C12H16N2O3/c1-9-6-13(7-10(2)17-9)12(15)11-4-3-5-14(16)8-11/h3-5,8-10H,6-7H2,1-2H3. The molecule has 1 amide bonds. The summed E-state index contributed by atoms with van der Waals surface area (Å²) in [6.45, 7) is 5.01. The van der Waals surface area contributed by atoms with Crippen LogP contribution in [0.2, 0.25) is 0 Å². The van der Waals surface area contributed by atoms with Crippen LogP contribution in [0.4, 0.5) is 0 Å². The molecule has 5 nitrogen and oxygen atoms in total. The third kappa shape index (κ3) is 2.74. The largest absolute Gasteiger partial charge is 0.619 e. The Hall–Kier alpha value is -1.62. The molecule has 0 radical (unpaired) electrons. The van der Waals surface area contributed by atoms with E-state index in [-0.39, 0.29) is 18.1 Å². The first-order chi connectivity index (χ1) is 8.06. The van der Waals surface area contributed by atoms with Gasteiger partial charge in [0.2, 0.25) is 0 Å². The number of hydrogen-bond acceptors (Lipinski definition) is 3. The van der Waals surface area contributed by atoms with E-state index in [0.29, 0.717) is 23.4 Å². The minimum Gasteiger partial charge on any atom is -0.619 e. The van der Waals surface area contributed by atoms with Crippen LogP contribution in [-0.4, -0.2) is 36.1 Å². The van der Waals surface area contributed by atoms with Crippen molar-refractivity contribution in [3.05, 3.63) is 35.3 Å². The van der Waals surface area contributed by atoms with Crippen molar-refractivity contribution in [2.75, 3.05) is 13.1 Å². The van der Waals surface area contributed by atoms with Gasteiger partial charge in [-0.3, -0.25) is 4.79 Å². The molecular formula is C12H16N2O3. The normalized spacial score (nSPS) is 24.7. The average molecular weight is 236 g/mol. The molecule has 0 saturated carbocycles. The summed E-state index contributed by atoms with van der Waals surface area (Å²) in [5.74, 6) is -0.114. The van der Waals surface area contributed by atoms with Gasteiger partial charge in [0.1, 0.15) is 5.56 Å². The summed E-state index contributed by atoms with van der Waals surface area (Å²) in [6.07, 6.45) is 2.73. The molecule has 0 aliphatic carbocycles. The van der Waals surface area contributed by atoms with Crippen molar-refractivity contribution in [2.45, 2.75) is 26.1 Å². The second kappa shape index (κ2) is 4.71. The van der Waals surface area contributed by atoms with Crippen molar-refractivity contribution in [3.8, 4) is 0 Å². The SMILES string of the molecule is CC1CN(C(=O)c2ccc[n+]([O-])c2)CC(C)O1. The van der Waals surface area contributed by atoms with Gasteiger partial charge in [-0.2, -0.15) is 4.73 Å². The summed E-state index contributed by atoms with van der Waals surface area (Å²) in [5.41, 5.74) is 0.420. The average Bonchev–Trinajstić information content (AvgIpc) is 2.26. The molecule has 0 N–H and O–H groups in total. The van der Waals surface area contributed by atoms with Gasteiger partial charge in [-0.05, 0) is 19.9 Å². The Kier molecular flexibility index (Phi) is 3.28. The van der Waals surface area contributed by atoms with Crippen LogP contribution in [0.3, 0.4) is 0 Å². The summed E-state index contributed by atoms with van der Waals surface area (Å²) in [6, 6.07) is 3.23. The molecule has 1 aliphatic rings. The minimum atomic E-state index is -0.114. The maximum atomic E-state index is 12.2. The van der Waals surface area contributed by atoms with Crippen molar-refractivity contribution < 1.29 is 14.3 Å². The lowest BCUT2D eigenvalue weighted by atomic mass is 10.2. The Morgan fingerprint density at radius 2 is 2.12 bits per heavy atom. The maximum Gasteiger partial charge on any atom is 0.260 e. The van der Waals surface area contributed by atoms with E-state index in [1.165, 1.54) is 12.4 Å². The van der Waals surface area contributed by atoms with Crippen LogP contribution >= 0.6 is 0 Å². The molecule has 2 heterocycles. The van der Waals surface area contributed by atoms with Crippen LogP contribution < -0.4 is 4.73 Å². The van der Waals surface area contributed by atoms with Crippen LogP contribution in [0.1, 0.15) is 24.2 Å². The summed E-state index contributed by atoms with van der Waals surface area (Å²) in [4.78, 5) is 13.9. The molecule has 92 valence electrons. The number of hydrogen-bond donors (Lipinski definition) is 0. The fraction of sp³-hybridized carbons (Fsp3) is 0.500. The molecule has 1 fully saturated rings. The number of nitrogens with zero attached hydrogens (tertiary/aromatic N) is 2. The van der Waals surface area contributed by atoms with Crippen molar-refractivity contribution in [1.29, 1.82) is 0 Å². The molecular weight excluding hydrogens is 220 g/mol. The van der Waals surface area contributed by atoms with Crippen molar-refractivity contribution in [3.63, 3.8) is 0 Å². The highest BCUT2D eigenvalue weighted by Crippen LogP contribution is 2.13. The minimum absolute atomic E-state index is 0.0331. The summed E-state index contributed by atoms with van der Waals surface area (Å²) in [7, 11) is 0. The summed E-state index contributed by atoms with van der Waals surface area (Å²) < 4.78 is 6.20. The predicted octanol–water partition coefficient (Wildman–Crippen LogP) is 0.569. The molecule has 0 bridgehead atoms. The number of morpholine rings is 1. The van der Waals surface area contributed by atoms with Crippen LogP contribution in [-0.2, 0) is 4.74 Å². The zero-order chi connectivity index (χ0) is 12.4. The zero-order valence-electron chi connectivity index (χ0n) is 10.00. The lowest BCUT2D eigenvalue weighted by Crippen LogP contribution is -2.48. The van der Waals surface area contributed by atoms with Gasteiger partial charge in [0.25, 0.3) is 5.91 Å². The number of rotatable bonds is 1. The second-order valence-corrected chi connectivity index (χ2v) is 4.42. The summed E-state index contributed by atoms with van der Waals surface area (Å²) in [5, 5.41) is 11.1. The third-order valence-electron chi connectivity index (χ3n) is 2.73. The van der Waals surface area contributed by atoms with Crippen LogP contribution in [0, 0.1) is 5.21 Å². The molecule has 1 aromatic heterocycles. The summed E-state index contributed by atoms with van der Waals surface area (Å²) >= 11 is 0. The van der Waals surface area contributed by atoms with Gasteiger partial charge in [0.15, 0.2) is 12.4 Å². The number of amides is 1. The van der Waals surface area contributed by atoms with Gasteiger partial charge in [0.05, 0.1) is 12.2 Å². The first-order valence-electron chi connectivity index (χ1n) is 5.70. The topological polar surface area (TPSA) is 56.5 Å². The second-order valence-electron chi connectivity index (χ2n) is 4.42. The number of carbonyl (C=O) groups excluding carboxylic acids is 1. The van der Waals surface area contributed by atoms with E-state index >= 15 is 0 Å². The Morgan fingerprint density at radius 3 is 2.71 bits per heavy atom. The van der Waals surface area contributed by atoms with E-state index in [9.17, 15) is 10.0 Å². The lowest BCUT2D eigenvalue weighted by Gasteiger charge is -2.35. The molecule has 2 unspecified atom stereocenters. The van der Waals surface area contributed by atoms with E-state index < -0.39 is 0 Å². The lowest BCUT2D eigenvalue weighted by molar-refractivity contribution is -0.605. The quantitative estimate of drug-likeness (QED) is 0.529. The van der Waals surface area contributed by atoms with Gasteiger partial charge in [-0.25, -0.2) is 0 Å². The molecule has 2 atom stereocenters. The van der Waals surface area contributed by atoms with Crippen molar-refractivity contribution in [2.24, 2.45) is 0 Å². The van der Waals surface area contributed by atoms with Crippen molar-refractivity contribution >= 4 is 5.91 Å². The van der Waals surface area contributed by atoms with Gasteiger partial charge in [-0.1, -0.05) is 0 Å². The highest BCUT2D eigenvalue weighted by Gasteiger charge is 2.27. The third-order valence-corrected chi connectivity index (χ3v) is 2.73. The Labute approximate surface area is 100 Å². The fourth-order valence-electron chi connectivity index (χ4n) is 2.11. The van der Waals surface area contributed by atoms with Crippen LogP contribution in [0.15, 0.2) is 24.5 Å². The molecule has 2 rings (SSSR count). The molecule has 0 aromatic carbocycles. The number of aromatic nitrogens is 1. The molecule has 0 spiro atoms. The van der Waals surface area contributed by atoms with E-state index in [1.54, 1.807) is 17.0 Å². The molecule has 5 heteroatoms. The van der Waals surface area contributed by atoms with Gasteiger partial charge < -0.3 is 14.8 Å². The number of ether oxygens (including phenoxy) is 1. The Bertz CT molecular complexity index is 412. The Morgan fingerprint density at radius 1 is 1.47 bits per heavy atom. The monoisotopic (exact) mass is 236 g/mol. The highest BCUT2D eigenvalue weighted by atomic mass is 16.5. The predicted molar refractivity (Wildman–Crippen MR) is 61.3 cm³/mol. The van der Waals surface area contributed by atoms with Crippen molar-refractivity contribution in [1.82, 2.24) is 4.90 Å². The first-order valence-corrected chi connectivity index (χ1v) is 5.70. The van der Waals surface area contributed by atoms with E-state index in [2.05, 4.69) is 0 Å². The first kappa shape index (κ1) is 11.9. The molecule has 1 saturated heterocycles. The van der Waals surface area contributed by atoms with Crippen LogP contribution in [0.25, 0.3) is 0 Å². The zero-order valence-corrected chi connectivity index (χ0v) is 10.00. The van der Waals surface area contributed by atoms with Gasteiger partial charge >= 0.3 is 0 Å². The fourth-order valence-corrected chi connectivity index (χ4v) is 2.11. The van der Waals surface area contributed by atoms with Crippen LogP contribution in [0.5, 0.6) is 0 Å². The number of carbonyl (C=O) groups is 1. The molecule has 17 heavy (non-hydrogen) atoms.